The van der Waals surface area contributed by atoms with Crippen molar-refractivity contribution in [3.05, 3.63) is 0 Å². The first-order chi connectivity index (χ1) is 8.06. The molecule has 0 bridgehead atoms. The van der Waals surface area contributed by atoms with E-state index in [0.717, 1.165) is 12.8 Å². The Morgan fingerprint density at radius 3 is 2.59 bits per heavy atom. The predicted octanol–water partition coefficient (Wildman–Crippen LogP) is 1.60. The molecule has 0 aromatic rings. The lowest BCUT2D eigenvalue weighted by Crippen LogP contribution is -2.42. The van der Waals surface area contributed by atoms with Crippen molar-refractivity contribution < 1.29 is 24.2 Å². The third-order valence-corrected chi connectivity index (χ3v) is 3.28. The molecule has 1 aliphatic rings. The SMILES string of the molecule is CCOC(=O)C(CC)(CC1CCCO1)C(=O)O. The van der Waals surface area contributed by atoms with Gasteiger partial charge in [0.05, 0.1) is 12.7 Å². The highest BCUT2D eigenvalue weighted by Gasteiger charge is 2.48. The highest BCUT2D eigenvalue weighted by Crippen LogP contribution is 2.34. The number of carboxylic acid groups (broad SMARTS) is 1. The average molecular weight is 244 g/mol. The third kappa shape index (κ3) is 2.97. The van der Waals surface area contributed by atoms with Crippen LogP contribution in [0.25, 0.3) is 0 Å². The molecule has 0 saturated carbocycles. The largest absolute Gasteiger partial charge is 0.480 e. The van der Waals surface area contributed by atoms with Crippen molar-refractivity contribution >= 4 is 11.9 Å². The van der Waals surface area contributed by atoms with Crippen LogP contribution in [0.15, 0.2) is 0 Å². The third-order valence-electron chi connectivity index (χ3n) is 3.28. The van der Waals surface area contributed by atoms with Crippen LogP contribution in [0.5, 0.6) is 0 Å². The molecule has 0 radical (unpaired) electrons. The fraction of sp³-hybridized carbons (Fsp3) is 0.833. The molecule has 17 heavy (non-hydrogen) atoms. The molecule has 0 aliphatic carbocycles. The normalized spacial score (nSPS) is 23.1. The second kappa shape index (κ2) is 6.00. The lowest BCUT2D eigenvalue weighted by molar-refractivity contribution is -0.171. The summed E-state index contributed by atoms with van der Waals surface area (Å²) in [6, 6.07) is 0. The van der Waals surface area contributed by atoms with Crippen LogP contribution >= 0.6 is 0 Å². The van der Waals surface area contributed by atoms with Gasteiger partial charge < -0.3 is 14.6 Å². The number of carbonyl (C=O) groups is 2. The van der Waals surface area contributed by atoms with E-state index in [2.05, 4.69) is 0 Å². The van der Waals surface area contributed by atoms with Crippen LogP contribution in [0, 0.1) is 5.41 Å². The van der Waals surface area contributed by atoms with E-state index in [-0.39, 0.29) is 25.6 Å². The highest BCUT2D eigenvalue weighted by atomic mass is 16.5. The zero-order chi connectivity index (χ0) is 12.9. The molecule has 2 unspecified atom stereocenters. The minimum atomic E-state index is -1.45. The van der Waals surface area contributed by atoms with Gasteiger partial charge in [0.2, 0.25) is 0 Å². The van der Waals surface area contributed by atoms with E-state index in [1.54, 1.807) is 13.8 Å². The Morgan fingerprint density at radius 2 is 2.18 bits per heavy atom. The Hall–Kier alpha value is -1.10. The van der Waals surface area contributed by atoms with E-state index < -0.39 is 17.4 Å². The molecule has 0 aromatic heterocycles. The summed E-state index contributed by atoms with van der Waals surface area (Å²) in [5, 5.41) is 9.32. The lowest BCUT2D eigenvalue weighted by atomic mass is 9.79. The van der Waals surface area contributed by atoms with Crippen molar-refractivity contribution in [1.82, 2.24) is 0 Å². The van der Waals surface area contributed by atoms with Crippen LogP contribution in [0.4, 0.5) is 0 Å². The number of rotatable bonds is 6. The fourth-order valence-corrected chi connectivity index (χ4v) is 2.16. The van der Waals surface area contributed by atoms with Gasteiger partial charge in [-0.05, 0) is 26.2 Å². The van der Waals surface area contributed by atoms with Crippen molar-refractivity contribution in [3.63, 3.8) is 0 Å². The topological polar surface area (TPSA) is 72.8 Å². The van der Waals surface area contributed by atoms with Crippen LogP contribution in [0.3, 0.4) is 0 Å². The minimum absolute atomic E-state index is 0.143. The standard InChI is InChI=1S/C12H20O5/c1-3-12(10(13)14,11(15)16-4-2)8-9-6-5-7-17-9/h9H,3-8H2,1-2H3,(H,13,14). The van der Waals surface area contributed by atoms with E-state index in [1.807, 2.05) is 0 Å². The Labute approximate surface area is 101 Å². The van der Waals surface area contributed by atoms with Gasteiger partial charge in [-0.1, -0.05) is 6.92 Å². The maximum absolute atomic E-state index is 11.9. The summed E-state index contributed by atoms with van der Waals surface area (Å²) < 4.78 is 10.3. The van der Waals surface area contributed by atoms with E-state index in [1.165, 1.54) is 0 Å². The quantitative estimate of drug-likeness (QED) is 0.567. The zero-order valence-corrected chi connectivity index (χ0v) is 10.4. The molecule has 5 nitrogen and oxygen atoms in total. The fourth-order valence-electron chi connectivity index (χ4n) is 2.16. The summed E-state index contributed by atoms with van der Waals surface area (Å²) in [6.07, 6.45) is 2.02. The molecule has 0 amide bonds. The number of ether oxygens (including phenoxy) is 2. The molecule has 98 valence electrons. The zero-order valence-electron chi connectivity index (χ0n) is 10.4. The Morgan fingerprint density at radius 1 is 1.47 bits per heavy atom. The number of hydrogen-bond acceptors (Lipinski definition) is 4. The van der Waals surface area contributed by atoms with Gasteiger partial charge in [0.25, 0.3) is 0 Å². The molecule has 1 saturated heterocycles. The van der Waals surface area contributed by atoms with Crippen LogP contribution in [0.1, 0.15) is 39.5 Å². The highest BCUT2D eigenvalue weighted by molar-refractivity contribution is 5.99. The first-order valence-electron chi connectivity index (χ1n) is 6.09. The smallest absolute Gasteiger partial charge is 0.323 e. The number of carbonyl (C=O) groups excluding carboxylic acids is 1. The molecule has 0 spiro atoms. The van der Waals surface area contributed by atoms with E-state index in [9.17, 15) is 14.7 Å². The van der Waals surface area contributed by atoms with Gasteiger partial charge in [0.1, 0.15) is 0 Å². The molecule has 1 rings (SSSR count). The molecular formula is C12H20O5. The van der Waals surface area contributed by atoms with Gasteiger partial charge in [0.15, 0.2) is 5.41 Å². The van der Waals surface area contributed by atoms with Gasteiger partial charge in [-0.15, -0.1) is 0 Å². The number of esters is 1. The molecule has 5 heteroatoms. The van der Waals surface area contributed by atoms with Crippen molar-refractivity contribution in [1.29, 1.82) is 0 Å². The molecule has 0 aromatic carbocycles. The maximum Gasteiger partial charge on any atom is 0.323 e. The maximum atomic E-state index is 11.9. The molecule has 2 atom stereocenters. The van der Waals surface area contributed by atoms with Crippen molar-refractivity contribution in [2.45, 2.75) is 45.6 Å². The number of hydrogen-bond donors (Lipinski definition) is 1. The second-order valence-corrected chi connectivity index (χ2v) is 4.30. The van der Waals surface area contributed by atoms with Crippen molar-refractivity contribution in [2.24, 2.45) is 5.41 Å². The van der Waals surface area contributed by atoms with Crippen molar-refractivity contribution in [3.8, 4) is 0 Å². The van der Waals surface area contributed by atoms with Crippen LogP contribution in [0.2, 0.25) is 0 Å². The molecule has 1 heterocycles. The van der Waals surface area contributed by atoms with E-state index in [4.69, 9.17) is 9.47 Å². The summed E-state index contributed by atoms with van der Waals surface area (Å²) in [5.74, 6) is -1.76. The van der Waals surface area contributed by atoms with Gasteiger partial charge >= 0.3 is 11.9 Å². The van der Waals surface area contributed by atoms with Crippen molar-refractivity contribution in [2.75, 3.05) is 13.2 Å². The first kappa shape index (κ1) is 14.0. The molecule has 1 aliphatic heterocycles. The molecule has 1 N–H and O–H groups in total. The van der Waals surface area contributed by atoms with E-state index >= 15 is 0 Å². The van der Waals surface area contributed by atoms with Gasteiger partial charge in [-0.3, -0.25) is 9.59 Å². The van der Waals surface area contributed by atoms with Crippen LogP contribution < -0.4 is 0 Å². The van der Waals surface area contributed by atoms with Gasteiger partial charge in [0, 0.05) is 13.0 Å². The molecular weight excluding hydrogens is 224 g/mol. The molecule has 1 fully saturated rings. The summed E-state index contributed by atoms with van der Waals surface area (Å²) in [7, 11) is 0. The van der Waals surface area contributed by atoms with Crippen LogP contribution in [-0.2, 0) is 19.1 Å². The van der Waals surface area contributed by atoms with E-state index in [0.29, 0.717) is 6.61 Å². The summed E-state index contributed by atoms with van der Waals surface area (Å²) in [6.45, 7) is 4.21. The van der Waals surface area contributed by atoms with Gasteiger partial charge in [-0.25, -0.2) is 0 Å². The van der Waals surface area contributed by atoms with Crippen LogP contribution in [-0.4, -0.2) is 36.4 Å². The predicted molar refractivity (Wildman–Crippen MR) is 60.6 cm³/mol. The Kier molecular flexibility index (Phi) is 4.93. The second-order valence-electron chi connectivity index (χ2n) is 4.30. The number of aliphatic carboxylic acids is 1. The Bertz CT molecular complexity index is 283. The average Bonchev–Trinajstić information content (AvgIpc) is 2.78. The number of carboxylic acids is 1. The minimum Gasteiger partial charge on any atom is -0.480 e. The first-order valence-corrected chi connectivity index (χ1v) is 6.09. The lowest BCUT2D eigenvalue weighted by Gasteiger charge is -2.28. The summed E-state index contributed by atoms with van der Waals surface area (Å²) >= 11 is 0. The van der Waals surface area contributed by atoms with Gasteiger partial charge in [-0.2, -0.15) is 0 Å². The monoisotopic (exact) mass is 244 g/mol. The Balaban J connectivity index is 2.82. The summed E-state index contributed by atoms with van der Waals surface area (Å²) in [4.78, 5) is 23.3. The summed E-state index contributed by atoms with van der Waals surface area (Å²) in [5.41, 5.74) is -1.45.